The van der Waals surface area contributed by atoms with Crippen LogP contribution in [0.2, 0.25) is 0 Å². The number of benzene rings is 2. The van der Waals surface area contributed by atoms with Gasteiger partial charge in [0, 0.05) is 24.2 Å². The van der Waals surface area contributed by atoms with E-state index in [0.717, 1.165) is 27.9 Å². The Balaban J connectivity index is 1.83. The molecule has 0 bridgehead atoms. The number of rotatable bonds is 6. The van der Waals surface area contributed by atoms with E-state index >= 15 is 0 Å². The SMILES string of the molecule is CNC(=O)OCCN(C(=O)/C=C(\C)c1n[nH]c2ccccc12)c1ccccc1. The molecule has 1 heterocycles. The largest absolute Gasteiger partial charge is 0.448 e. The Morgan fingerprint density at radius 2 is 1.86 bits per heavy atom. The first kappa shape index (κ1) is 19.2. The van der Waals surface area contributed by atoms with Gasteiger partial charge in [0.05, 0.1) is 17.8 Å². The number of aromatic nitrogens is 2. The lowest BCUT2D eigenvalue weighted by molar-refractivity contribution is -0.114. The highest BCUT2D eigenvalue weighted by Gasteiger charge is 2.16. The van der Waals surface area contributed by atoms with E-state index in [1.807, 2.05) is 61.5 Å². The van der Waals surface area contributed by atoms with E-state index in [-0.39, 0.29) is 19.1 Å². The summed E-state index contributed by atoms with van der Waals surface area (Å²) in [5.74, 6) is -0.212. The number of fused-ring (bicyclic) bond motifs is 1. The molecular weight excluding hydrogens is 356 g/mol. The summed E-state index contributed by atoms with van der Waals surface area (Å²) < 4.78 is 5.05. The van der Waals surface area contributed by atoms with Crippen LogP contribution >= 0.6 is 0 Å². The van der Waals surface area contributed by atoms with Crippen LogP contribution in [0.25, 0.3) is 16.5 Å². The Morgan fingerprint density at radius 1 is 1.14 bits per heavy atom. The molecule has 0 radical (unpaired) electrons. The van der Waals surface area contributed by atoms with Crippen molar-refractivity contribution in [3.8, 4) is 0 Å². The summed E-state index contributed by atoms with van der Waals surface area (Å²) in [5, 5.41) is 10.7. The third kappa shape index (κ3) is 4.37. The fraction of sp³-hybridized carbons (Fsp3) is 0.190. The molecule has 0 saturated carbocycles. The van der Waals surface area contributed by atoms with Crippen LogP contribution in [0, 0.1) is 0 Å². The number of hydrogen-bond donors (Lipinski definition) is 2. The summed E-state index contributed by atoms with van der Waals surface area (Å²) in [5.41, 5.74) is 3.12. The van der Waals surface area contributed by atoms with Crippen LogP contribution in [0.1, 0.15) is 12.6 Å². The molecule has 2 N–H and O–H groups in total. The van der Waals surface area contributed by atoms with Crippen molar-refractivity contribution in [1.29, 1.82) is 0 Å². The van der Waals surface area contributed by atoms with Crippen LogP contribution in [0.4, 0.5) is 10.5 Å². The molecule has 0 aliphatic heterocycles. The zero-order valence-electron chi connectivity index (χ0n) is 15.8. The van der Waals surface area contributed by atoms with Crippen LogP contribution in [-0.2, 0) is 9.53 Å². The molecular formula is C21H22N4O3. The molecule has 3 rings (SSSR count). The smallest absolute Gasteiger partial charge is 0.406 e. The number of nitrogens with one attached hydrogen (secondary N) is 2. The van der Waals surface area contributed by atoms with Crippen molar-refractivity contribution in [1.82, 2.24) is 15.5 Å². The second-order valence-corrected chi connectivity index (χ2v) is 6.16. The lowest BCUT2D eigenvalue weighted by atomic mass is 10.1. The molecule has 144 valence electrons. The van der Waals surface area contributed by atoms with Crippen LogP contribution in [0.15, 0.2) is 60.7 Å². The Kier molecular flexibility index (Phi) is 6.06. The van der Waals surface area contributed by atoms with Crippen molar-refractivity contribution in [3.63, 3.8) is 0 Å². The van der Waals surface area contributed by atoms with Crippen molar-refractivity contribution >= 4 is 34.2 Å². The minimum Gasteiger partial charge on any atom is -0.448 e. The monoisotopic (exact) mass is 378 g/mol. The summed E-state index contributed by atoms with van der Waals surface area (Å²) in [6, 6.07) is 17.0. The molecule has 0 atom stereocenters. The van der Waals surface area contributed by atoms with E-state index in [9.17, 15) is 9.59 Å². The van der Waals surface area contributed by atoms with Crippen LogP contribution in [0.3, 0.4) is 0 Å². The molecule has 0 aliphatic rings. The average Bonchev–Trinajstić information content (AvgIpc) is 3.15. The maximum Gasteiger partial charge on any atom is 0.406 e. The molecule has 0 fully saturated rings. The van der Waals surface area contributed by atoms with Gasteiger partial charge in [-0.15, -0.1) is 0 Å². The number of para-hydroxylation sites is 2. The van der Waals surface area contributed by atoms with E-state index in [2.05, 4.69) is 15.5 Å². The molecule has 0 spiro atoms. The van der Waals surface area contributed by atoms with Crippen LogP contribution in [-0.4, -0.2) is 42.4 Å². The van der Waals surface area contributed by atoms with E-state index in [1.54, 1.807) is 11.0 Å². The van der Waals surface area contributed by atoms with Crippen molar-refractivity contribution in [2.45, 2.75) is 6.92 Å². The molecule has 1 aromatic heterocycles. The highest BCUT2D eigenvalue weighted by molar-refractivity contribution is 6.06. The fourth-order valence-corrected chi connectivity index (χ4v) is 2.87. The first-order valence-corrected chi connectivity index (χ1v) is 8.93. The van der Waals surface area contributed by atoms with Gasteiger partial charge in [-0.25, -0.2) is 4.79 Å². The quantitative estimate of drug-likeness (QED) is 0.644. The number of carbonyl (C=O) groups is 2. The summed E-state index contributed by atoms with van der Waals surface area (Å²) in [6.07, 6.45) is 1.02. The van der Waals surface area contributed by atoms with Gasteiger partial charge in [0.1, 0.15) is 6.61 Å². The van der Waals surface area contributed by atoms with Gasteiger partial charge < -0.3 is 15.0 Å². The Morgan fingerprint density at radius 3 is 2.61 bits per heavy atom. The fourth-order valence-electron chi connectivity index (χ4n) is 2.87. The predicted octanol–water partition coefficient (Wildman–Crippen LogP) is 3.36. The van der Waals surface area contributed by atoms with E-state index < -0.39 is 6.09 Å². The first-order chi connectivity index (χ1) is 13.6. The van der Waals surface area contributed by atoms with Crippen LogP contribution < -0.4 is 10.2 Å². The number of nitrogens with zero attached hydrogens (tertiary/aromatic N) is 2. The van der Waals surface area contributed by atoms with Gasteiger partial charge >= 0.3 is 6.09 Å². The van der Waals surface area contributed by atoms with Crippen LogP contribution in [0.5, 0.6) is 0 Å². The van der Waals surface area contributed by atoms with E-state index in [0.29, 0.717) is 0 Å². The van der Waals surface area contributed by atoms with Crippen molar-refractivity contribution in [3.05, 3.63) is 66.4 Å². The van der Waals surface area contributed by atoms with Gasteiger partial charge in [-0.05, 0) is 30.7 Å². The number of amides is 2. The zero-order chi connectivity index (χ0) is 19.9. The minimum absolute atomic E-state index is 0.0819. The Labute approximate surface area is 163 Å². The normalized spacial score (nSPS) is 11.3. The van der Waals surface area contributed by atoms with Gasteiger partial charge in [-0.3, -0.25) is 9.89 Å². The number of hydrogen-bond acceptors (Lipinski definition) is 4. The second-order valence-electron chi connectivity index (χ2n) is 6.16. The third-order valence-electron chi connectivity index (χ3n) is 4.27. The Bertz CT molecular complexity index is 995. The summed E-state index contributed by atoms with van der Waals surface area (Å²) >= 11 is 0. The lowest BCUT2D eigenvalue weighted by Crippen LogP contribution is -2.34. The Hall–Kier alpha value is -3.61. The van der Waals surface area contributed by atoms with Crippen molar-refractivity contribution in [2.24, 2.45) is 0 Å². The summed E-state index contributed by atoms with van der Waals surface area (Å²) in [6.45, 7) is 2.17. The van der Waals surface area contributed by atoms with Gasteiger partial charge in [0.2, 0.25) is 0 Å². The molecule has 3 aromatic rings. The molecule has 7 nitrogen and oxygen atoms in total. The number of alkyl carbamates (subject to hydrolysis) is 1. The molecule has 0 saturated heterocycles. The summed E-state index contributed by atoms with van der Waals surface area (Å²) in [4.78, 5) is 25.9. The maximum atomic E-state index is 13.0. The van der Waals surface area contributed by atoms with Gasteiger partial charge in [-0.2, -0.15) is 5.10 Å². The number of allylic oxidation sites excluding steroid dienone is 1. The highest BCUT2D eigenvalue weighted by Crippen LogP contribution is 2.23. The van der Waals surface area contributed by atoms with Gasteiger partial charge in [0.25, 0.3) is 5.91 Å². The number of carbonyl (C=O) groups excluding carboxylic acids is 2. The van der Waals surface area contributed by atoms with Gasteiger partial charge in [0.15, 0.2) is 0 Å². The zero-order valence-corrected chi connectivity index (χ0v) is 15.8. The van der Waals surface area contributed by atoms with E-state index in [1.165, 1.54) is 7.05 Å². The highest BCUT2D eigenvalue weighted by atomic mass is 16.5. The molecule has 2 aromatic carbocycles. The number of H-pyrrole nitrogens is 1. The van der Waals surface area contributed by atoms with Gasteiger partial charge in [-0.1, -0.05) is 36.4 Å². The number of aromatic amines is 1. The molecule has 7 heteroatoms. The maximum absolute atomic E-state index is 13.0. The second kappa shape index (κ2) is 8.85. The lowest BCUT2D eigenvalue weighted by Gasteiger charge is -2.21. The number of ether oxygens (including phenoxy) is 1. The van der Waals surface area contributed by atoms with Crippen molar-refractivity contribution in [2.75, 3.05) is 25.1 Å². The van der Waals surface area contributed by atoms with Crippen molar-refractivity contribution < 1.29 is 14.3 Å². The summed E-state index contributed by atoms with van der Waals surface area (Å²) in [7, 11) is 1.49. The third-order valence-corrected chi connectivity index (χ3v) is 4.27. The molecule has 0 unspecified atom stereocenters. The predicted molar refractivity (Wildman–Crippen MR) is 109 cm³/mol. The molecule has 0 aliphatic carbocycles. The topological polar surface area (TPSA) is 87.3 Å². The average molecular weight is 378 g/mol. The minimum atomic E-state index is -0.532. The first-order valence-electron chi connectivity index (χ1n) is 8.93. The molecule has 2 amide bonds. The van der Waals surface area contributed by atoms with E-state index in [4.69, 9.17) is 4.74 Å². The standard InChI is InChI=1S/C21H22N4O3/c1-15(20-17-10-6-7-11-18(17)23-24-20)14-19(26)25(12-13-28-21(27)22-2)16-8-4-3-5-9-16/h3-11,14H,12-13H2,1-2H3,(H,22,27)(H,23,24)/b15-14+. The number of anilines is 1. The molecule has 28 heavy (non-hydrogen) atoms.